The molecule has 0 saturated carbocycles. The quantitative estimate of drug-likeness (QED) is 0.0321. The molecule has 0 aromatic rings. The second-order valence-electron chi connectivity index (χ2n) is 20.3. The molecule has 2 atom stereocenters. The molecule has 6 nitrogen and oxygen atoms in total. The lowest BCUT2D eigenvalue weighted by Crippen LogP contribution is -2.45. The molecule has 0 spiro atoms. The van der Waals surface area contributed by atoms with E-state index in [9.17, 15) is 19.8 Å². The van der Waals surface area contributed by atoms with Crippen LogP contribution in [-0.2, 0) is 14.3 Å². The average Bonchev–Trinajstić information content (AvgIpc) is 3.32. The Labute approximate surface area is 411 Å². The number of esters is 1. The molecule has 3 N–H and O–H groups in total. The van der Waals surface area contributed by atoms with Crippen LogP contribution in [0.1, 0.15) is 322 Å². The molecule has 0 aliphatic rings. The van der Waals surface area contributed by atoms with Crippen molar-refractivity contribution in [1.82, 2.24) is 5.32 Å². The zero-order valence-electron chi connectivity index (χ0n) is 44.4. The van der Waals surface area contributed by atoms with E-state index in [4.69, 9.17) is 4.74 Å². The van der Waals surface area contributed by atoms with Gasteiger partial charge >= 0.3 is 5.97 Å². The minimum Gasteiger partial charge on any atom is -0.466 e. The van der Waals surface area contributed by atoms with Gasteiger partial charge in [0.15, 0.2) is 0 Å². The summed E-state index contributed by atoms with van der Waals surface area (Å²) in [6.45, 7) is 4.94. The van der Waals surface area contributed by atoms with Crippen molar-refractivity contribution < 1.29 is 24.5 Å². The Kier molecular flexibility index (Phi) is 54.5. The molecule has 0 radical (unpaired) electrons. The van der Waals surface area contributed by atoms with E-state index in [1.807, 2.05) is 0 Å². The molecule has 390 valence electrons. The fourth-order valence-corrected chi connectivity index (χ4v) is 9.16. The van der Waals surface area contributed by atoms with Gasteiger partial charge in [0, 0.05) is 12.8 Å². The monoisotopic (exact) mass is 930 g/mol. The topological polar surface area (TPSA) is 95.9 Å². The maximum atomic E-state index is 12.5. The molecule has 0 saturated heterocycles. The summed E-state index contributed by atoms with van der Waals surface area (Å²) in [7, 11) is 0. The van der Waals surface area contributed by atoms with Crippen molar-refractivity contribution in [3.8, 4) is 0 Å². The van der Waals surface area contributed by atoms with Crippen LogP contribution in [0.4, 0.5) is 0 Å². The molecule has 0 aromatic heterocycles. The van der Waals surface area contributed by atoms with Gasteiger partial charge in [-0.3, -0.25) is 9.59 Å². The number of ether oxygens (including phenoxy) is 1. The van der Waals surface area contributed by atoms with Gasteiger partial charge in [-0.15, -0.1) is 0 Å². The SMILES string of the molecule is CCCCCC/C=C\CCCCCCCC(=O)OCCCCCCCCCCC/C=C\CCCCCCCCCC(=O)NC(CO)C(O)CCCCCCCCCCCCCCCCCC. The zero-order valence-corrected chi connectivity index (χ0v) is 44.4. The summed E-state index contributed by atoms with van der Waals surface area (Å²) in [5.74, 6) is -0.0448. The summed E-state index contributed by atoms with van der Waals surface area (Å²) in [6, 6.07) is -0.548. The molecule has 0 aromatic carbocycles. The van der Waals surface area contributed by atoms with Crippen LogP contribution >= 0.6 is 0 Å². The minimum atomic E-state index is -0.670. The summed E-state index contributed by atoms with van der Waals surface area (Å²) in [6.07, 6.45) is 67.4. The third-order valence-corrected chi connectivity index (χ3v) is 13.7. The van der Waals surface area contributed by atoms with Gasteiger partial charge in [-0.1, -0.05) is 256 Å². The normalized spacial score (nSPS) is 12.7. The number of hydrogen-bond donors (Lipinski definition) is 3. The fourth-order valence-electron chi connectivity index (χ4n) is 9.16. The third-order valence-electron chi connectivity index (χ3n) is 13.7. The van der Waals surface area contributed by atoms with Gasteiger partial charge in [0.2, 0.25) is 5.91 Å². The number of carbonyl (C=O) groups excluding carboxylic acids is 2. The number of aliphatic hydroxyl groups is 2. The lowest BCUT2D eigenvalue weighted by atomic mass is 10.0. The summed E-state index contributed by atoms with van der Waals surface area (Å²) < 4.78 is 5.46. The van der Waals surface area contributed by atoms with Crippen molar-refractivity contribution in [3.63, 3.8) is 0 Å². The standard InChI is InChI=1S/C60H115NO5/c1-3-5-7-9-11-13-15-17-18-25-29-32-36-40-44-48-52-58(63)57(56-62)61-59(64)53-49-45-41-37-33-30-26-23-21-19-20-22-24-27-31-35-39-43-47-51-55-66-60(65)54-50-46-42-38-34-28-16-14-12-10-8-6-4-2/h14,16,19,21,57-58,62-63H,3-13,15,17-18,20,22-56H2,1-2H3,(H,61,64)/b16-14-,21-19-. The van der Waals surface area contributed by atoms with Crippen molar-refractivity contribution in [1.29, 1.82) is 0 Å². The van der Waals surface area contributed by atoms with E-state index in [2.05, 4.69) is 43.5 Å². The first-order chi connectivity index (χ1) is 32.5. The molecule has 0 aliphatic carbocycles. The van der Waals surface area contributed by atoms with Crippen LogP contribution in [0, 0.1) is 0 Å². The minimum absolute atomic E-state index is 0.00279. The molecule has 0 rings (SSSR count). The van der Waals surface area contributed by atoms with E-state index < -0.39 is 12.1 Å². The number of carbonyl (C=O) groups is 2. The summed E-state index contributed by atoms with van der Waals surface area (Å²) in [4.78, 5) is 24.5. The van der Waals surface area contributed by atoms with Gasteiger partial charge in [-0.25, -0.2) is 0 Å². The van der Waals surface area contributed by atoms with Crippen LogP contribution in [0.25, 0.3) is 0 Å². The van der Waals surface area contributed by atoms with Gasteiger partial charge in [0.25, 0.3) is 0 Å². The van der Waals surface area contributed by atoms with E-state index in [0.717, 1.165) is 44.9 Å². The molecule has 6 heteroatoms. The molecule has 2 unspecified atom stereocenters. The van der Waals surface area contributed by atoms with Gasteiger partial charge in [-0.2, -0.15) is 0 Å². The summed E-state index contributed by atoms with van der Waals surface area (Å²) >= 11 is 0. The van der Waals surface area contributed by atoms with Crippen LogP contribution in [0.15, 0.2) is 24.3 Å². The Morgan fingerprint density at radius 1 is 0.409 bits per heavy atom. The Morgan fingerprint density at radius 2 is 0.712 bits per heavy atom. The highest BCUT2D eigenvalue weighted by Crippen LogP contribution is 2.17. The van der Waals surface area contributed by atoms with Crippen LogP contribution in [0.5, 0.6) is 0 Å². The molecular formula is C60H115NO5. The number of rotatable bonds is 55. The second-order valence-corrected chi connectivity index (χ2v) is 20.3. The van der Waals surface area contributed by atoms with Crippen LogP contribution < -0.4 is 5.32 Å². The van der Waals surface area contributed by atoms with Gasteiger partial charge in [-0.05, 0) is 77.0 Å². The van der Waals surface area contributed by atoms with Crippen LogP contribution in [-0.4, -0.2) is 47.4 Å². The smallest absolute Gasteiger partial charge is 0.305 e. The lowest BCUT2D eigenvalue weighted by molar-refractivity contribution is -0.143. The Morgan fingerprint density at radius 3 is 1.09 bits per heavy atom. The van der Waals surface area contributed by atoms with Crippen molar-refractivity contribution in [2.24, 2.45) is 0 Å². The largest absolute Gasteiger partial charge is 0.466 e. The lowest BCUT2D eigenvalue weighted by Gasteiger charge is -2.22. The molecule has 0 aliphatic heterocycles. The Balaban J connectivity index is 3.44. The maximum Gasteiger partial charge on any atom is 0.305 e. The number of unbranched alkanes of at least 4 members (excludes halogenated alkanes) is 40. The Bertz CT molecular complexity index is 1030. The van der Waals surface area contributed by atoms with E-state index in [-0.39, 0.29) is 18.5 Å². The van der Waals surface area contributed by atoms with Crippen molar-refractivity contribution in [2.75, 3.05) is 13.2 Å². The number of allylic oxidation sites excluding steroid dienone is 4. The van der Waals surface area contributed by atoms with Crippen molar-refractivity contribution in [2.45, 2.75) is 334 Å². The van der Waals surface area contributed by atoms with E-state index >= 15 is 0 Å². The van der Waals surface area contributed by atoms with Crippen molar-refractivity contribution >= 4 is 11.9 Å². The predicted molar refractivity (Wildman–Crippen MR) is 287 cm³/mol. The van der Waals surface area contributed by atoms with Gasteiger partial charge in [0.05, 0.1) is 25.4 Å². The average molecular weight is 931 g/mol. The summed E-state index contributed by atoms with van der Waals surface area (Å²) in [5.41, 5.74) is 0. The molecule has 1 amide bonds. The highest BCUT2D eigenvalue weighted by molar-refractivity contribution is 5.76. The van der Waals surface area contributed by atoms with E-state index in [1.165, 1.54) is 244 Å². The number of nitrogens with one attached hydrogen (secondary N) is 1. The molecular weight excluding hydrogens is 815 g/mol. The highest BCUT2D eigenvalue weighted by Gasteiger charge is 2.20. The second kappa shape index (κ2) is 55.9. The van der Waals surface area contributed by atoms with Crippen LogP contribution in [0.2, 0.25) is 0 Å². The number of hydrogen-bond acceptors (Lipinski definition) is 5. The van der Waals surface area contributed by atoms with Gasteiger partial charge in [0.1, 0.15) is 0 Å². The number of aliphatic hydroxyl groups excluding tert-OH is 2. The molecule has 66 heavy (non-hydrogen) atoms. The predicted octanol–water partition coefficient (Wildman–Crippen LogP) is 18.2. The first kappa shape index (κ1) is 64.3. The maximum absolute atomic E-state index is 12.5. The van der Waals surface area contributed by atoms with Crippen molar-refractivity contribution in [3.05, 3.63) is 24.3 Å². The Hall–Kier alpha value is -1.66. The molecule has 0 bridgehead atoms. The van der Waals surface area contributed by atoms with E-state index in [1.54, 1.807) is 0 Å². The zero-order chi connectivity index (χ0) is 47.9. The first-order valence-corrected chi connectivity index (χ1v) is 29.6. The highest BCUT2D eigenvalue weighted by atomic mass is 16.5. The summed E-state index contributed by atoms with van der Waals surface area (Å²) in [5, 5.41) is 23.3. The van der Waals surface area contributed by atoms with E-state index in [0.29, 0.717) is 25.9 Å². The first-order valence-electron chi connectivity index (χ1n) is 29.6. The van der Waals surface area contributed by atoms with Crippen LogP contribution in [0.3, 0.4) is 0 Å². The molecule has 0 heterocycles. The third kappa shape index (κ3) is 51.7. The number of amides is 1. The molecule has 0 fully saturated rings. The fraction of sp³-hybridized carbons (Fsp3) is 0.900. The van der Waals surface area contributed by atoms with Gasteiger partial charge < -0.3 is 20.3 Å².